The van der Waals surface area contributed by atoms with E-state index in [-0.39, 0.29) is 5.56 Å². The van der Waals surface area contributed by atoms with Gasteiger partial charge < -0.3 is 4.98 Å². The number of rotatable bonds is 2. The van der Waals surface area contributed by atoms with Crippen LogP contribution in [0.1, 0.15) is 6.92 Å². The van der Waals surface area contributed by atoms with Crippen molar-refractivity contribution in [1.29, 1.82) is 0 Å². The summed E-state index contributed by atoms with van der Waals surface area (Å²) in [5.74, 6) is 0. The number of H-pyrrole nitrogens is 1. The molecule has 0 aliphatic carbocycles. The van der Waals surface area contributed by atoms with Gasteiger partial charge >= 0.3 is 0 Å². The van der Waals surface area contributed by atoms with Crippen molar-refractivity contribution in [2.24, 2.45) is 0 Å². The van der Waals surface area contributed by atoms with Gasteiger partial charge in [0.05, 0.1) is 8.07 Å². The van der Waals surface area contributed by atoms with E-state index in [9.17, 15) is 4.79 Å². The lowest BCUT2D eigenvalue weighted by Crippen LogP contribution is -2.41. The molecule has 0 saturated carbocycles. The third kappa shape index (κ3) is 1.85. The van der Waals surface area contributed by atoms with Crippen LogP contribution < -0.4 is 10.7 Å². The normalized spacial score (nSPS) is 11.6. The Morgan fingerprint density at radius 3 is 2.50 bits per heavy atom. The number of hydrogen-bond donors (Lipinski definition) is 1. The maximum absolute atomic E-state index is 10.8. The topological polar surface area (TPSA) is 32.9 Å². The van der Waals surface area contributed by atoms with Crippen LogP contribution in [0.3, 0.4) is 0 Å². The van der Waals surface area contributed by atoms with Crippen LogP contribution >= 0.6 is 0 Å². The summed E-state index contributed by atoms with van der Waals surface area (Å²) in [4.78, 5) is 13.5. The number of pyridine rings is 1. The molecular formula is C9H15NOSi. The van der Waals surface area contributed by atoms with Crippen molar-refractivity contribution in [2.75, 3.05) is 0 Å². The summed E-state index contributed by atoms with van der Waals surface area (Å²) in [6, 6.07) is 4.77. The molecule has 0 atom stereocenters. The Balaban J connectivity index is 3.04. The molecule has 0 radical (unpaired) electrons. The molecule has 0 aromatic carbocycles. The molecule has 12 heavy (non-hydrogen) atoms. The molecule has 1 aromatic heterocycles. The second-order valence-electron chi connectivity index (χ2n) is 3.68. The van der Waals surface area contributed by atoms with Crippen LogP contribution in [0.15, 0.2) is 23.1 Å². The Kier molecular flexibility index (Phi) is 2.52. The molecule has 1 N–H and O–H groups in total. The SMILES string of the molecule is CC[Si](C)(C)c1ccc(=O)[nH]c1. The van der Waals surface area contributed by atoms with Gasteiger partial charge in [-0.3, -0.25) is 4.79 Å². The van der Waals surface area contributed by atoms with Gasteiger partial charge in [0, 0.05) is 12.3 Å². The fraction of sp³-hybridized carbons (Fsp3) is 0.444. The molecule has 0 fully saturated rings. The van der Waals surface area contributed by atoms with Gasteiger partial charge in [-0.2, -0.15) is 0 Å². The summed E-state index contributed by atoms with van der Waals surface area (Å²) < 4.78 is 0. The lowest BCUT2D eigenvalue weighted by atomic mass is 10.5. The second kappa shape index (κ2) is 3.27. The minimum atomic E-state index is -1.25. The third-order valence-corrected chi connectivity index (χ3v) is 6.09. The van der Waals surface area contributed by atoms with Crippen LogP contribution in [-0.4, -0.2) is 13.1 Å². The van der Waals surface area contributed by atoms with E-state index >= 15 is 0 Å². The van der Waals surface area contributed by atoms with Gasteiger partial charge in [0.25, 0.3) is 0 Å². The Labute approximate surface area is 73.7 Å². The van der Waals surface area contributed by atoms with Crippen molar-refractivity contribution < 1.29 is 0 Å². The fourth-order valence-corrected chi connectivity index (χ4v) is 2.44. The molecule has 1 heterocycles. The Morgan fingerprint density at radius 2 is 2.08 bits per heavy atom. The number of nitrogens with one attached hydrogen (secondary N) is 1. The third-order valence-electron chi connectivity index (χ3n) is 2.45. The van der Waals surface area contributed by atoms with Crippen molar-refractivity contribution in [1.82, 2.24) is 4.98 Å². The Hall–Kier alpha value is -0.833. The molecule has 0 aliphatic rings. The molecule has 0 unspecified atom stereocenters. The predicted octanol–water partition coefficient (Wildman–Crippen LogP) is 1.31. The molecule has 0 bridgehead atoms. The van der Waals surface area contributed by atoms with Crippen molar-refractivity contribution in [3.8, 4) is 0 Å². The molecular weight excluding hydrogens is 166 g/mol. The van der Waals surface area contributed by atoms with E-state index in [0.717, 1.165) is 0 Å². The first-order valence-corrected chi connectivity index (χ1v) is 7.46. The summed E-state index contributed by atoms with van der Waals surface area (Å²) in [5.41, 5.74) is -0.0142. The molecule has 0 aliphatic heterocycles. The van der Waals surface area contributed by atoms with Crippen molar-refractivity contribution >= 4 is 13.3 Å². The van der Waals surface area contributed by atoms with Gasteiger partial charge in [-0.1, -0.05) is 32.1 Å². The maximum atomic E-state index is 10.8. The van der Waals surface area contributed by atoms with Crippen LogP contribution in [0, 0.1) is 0 Å². The molecule has 2 nitrogen and oxygen atoms in total. The van der Waals surface area contributed by atoms with Gasteiger partial charge in [-0.05, 0) is 5.19 Å². The van der Waals surface area contributed by atoms with Crippen LogP contribution in [0.25, 0.3) is 0 Å². The van der Waals surface area contributed by atoms with E-state index in [4.69, 9.17) is 0 Å². The van der Waals surface area contributed by atoms with Gasteiger partial charge in [-0.25, -0.2) is 0 Å². The standard InChI is InChI=1S/C9H15NOSi/c1-4-12(2,3)8-5-6-9(11)10-7-8/h5-7H,4H2,1-3H3,(H,10,11). The molecule has 1 aromatic rings. The summed E-state index contributed by atoms with van der Waals surface area (Å²) >= 11 is 0. The quantitative estimate of drug-likeness (QED) is 0.686. The fourth-order valence-electron chi connectivity index (χ4n) is 1.04. The van der Waals surface area contributed by atoms with Gasteiger partial charge in [-0.15, -0.1) is 0 Å². The molecule has 3 heteroatoms. The molecule has 0 saturated heterocycles. The zero-order chi connectivity index (χ0) is 9.19. The minimum Gasteiger partial charge on any atom is -0.329 e. The first-order valence-electron chi connectivity index (χ1n) is 4.25. The number of aromatic amines is 1. The van der Waals surface area contributed by atoms with Gasteiger partial charge in [0.1, 0.15) is 0 Å². The van der Waals surface area contributed by atoms with Crippen LogP contribution in [0.4, 0.5) is 0 Å². The highest BCUT2D eigenvalue weighted by Crippen LogP contribution is 2.06. The van der Waals surface area contributed by atoms with Crippen molar-refractivity contribution in [3.05, 3.63) is 28.7 Å². The average Bonchev–Trinajstić information content (AvgIpc) is 2.05. The Morgan fingerprint density at radius 1 is 1.42 bits per heavy atom. The minimum absolute atomic E-state index is 0.0142. The highest BCUT2D eigenvalue weighted by molar-refractivity contribution is 6.89. The largest absolute Gasteiger partial charge is 0.329 e. The molecule has 66 valence electrons. The number of aromatic nitrogens is 1. The van der Waals surface area contributed by atoms with Gasteiger partial charge in [0.2, 0.25) is 5.56 Å². The van der Waals surface area contributed by atoms with Gasteiger partial charge in [0.15, 0.2) is 0 Å². The maximum Gasteiger partial charge on any atom is 0.247 e. The lowest BCUT2D eigenvalue weighted by molar-refractivity contribution is 1.24. The van der Waals surface area contributed by atoms with Crippen molar-refractivity contribution in [3.63, 3.8) is 0 Å². The summed E-state index contributed by atoms with van der Waals surface area (Å²) in [5, 5.41) is 1.32. The van der Waals surface area contributed by atoms with Crippen LogP contribution in [0.2, 0.25) is 19.1 Å². The first-order chi connectivity index (χ1) is 5.56. The van der Waals surface area contributed by atoms with Crippen LogP contribution in [0.5, 0.6) is 0 Å². The molecule has 0 amide bonds. The van der Waals surface area contributed by atoms with Crippen molar-refractivity contribution in [2.45, 2.75) is 26.1 Å². The first kappa shape index (κ1) is 9.26. The average molecular weight is 181 g/mol. The zero-order valence-corrected chi connectivity index (χ0v) is 8.85. The summed E-state index contributed by atoms with van der Waals surface area (Å²) in [6.45, 7) is 6.82. The Bertz CT molecular complexity index is 296. The molecule has 1 rings (SSSR count). The monoisotopic (exact) mass is 181 g/mol. The lowest BCUT2D eigenvalue weighted by Gasteiger charge is -2.19. The van der Waals surface area contributed by atoms with E-state index in [1.165, 1.54) is 11.2 Å². The summed E-state index contributed by atoms with van der Waals surface area (Å²) in [7, 11) is -1.25. The van der Waals surface area contributed by atoms with Crippen LogP contribution in [-0.2, 0) is 0 Å². The molecule has 0 spiro atoms. The predicted molar refractivity (Wildman–Crippen MR) is 54.7 cm³/mol. The highest BCUT2D eigenvalue weighted by atomic mass is 28.3. The smallest absolute Gasteiger partial charge is 0.247 e. The highest BCUT2D eigenvalue weighted by Gasteiger charge is 2.20. The van der Waals surface area contributed by atoms with E-state index in [2.05, 4.69) is 25.0 Å². The second-order valence-corrected chi connectivity index (χ2v) is 8.73. The van der Waals surface area contributed by atoms with E-state index < -0.39 is 8.07 Å². The number of hydrogen-bond acceptors (Lipinski definition) is 1. The van der Waals surface area contributed by atoms with E-state index in [0.29, 0.717) is 0 Å². The zero-order valence-electron chi connectivity index (χ0n) is 7.85. The summed E-state index contributed by atoms with van der Waals surface area (Å²) in [6.07, 6.45) is 1.86. The van der Waals surface area contributed by atoms with E-state index in [1.54, 1.807) is 6.07 Å². The van der Waals surface area contributed by atoms with E-state index in [1.807, 2.05) is 12.3 Å².